The van der Waals surface area contributed by atoms with E-state index >= 15 is 0 Å². The van der Waals surface area contributed by atoms with Crippen molar-refractivity contribution in [2.45, 2.75) is 25.7 Å². The van der Waals surface area contributed by atoms with Crippen LogP contribution in [0, 0.1) is 5.92 Å². The van der Waals surface area contributed by atoms with Gasteiger partial charge in [0.1, 0.15) is 5.75 Å². The molecule has 1 aliphatic rings. The topological polar surface area (TPSA) is 41.6 Å². The fraction of sp³-hybridized carbons (Fsp3) is 0.588. The van der Waals surface area contributed by atoms with Crippen LogP contribution in [0.3, 0.4) is 0 Å². The summed E-state index contributed by atoms with van der Waals surface area (Å²) in [5.41, 5.74) is 0. The summed E-state index contributed by atoms with van der Waals surface area (Å²) in [4.78, 5) is 14.2. The Labute approximate surface area is 153 Å². The number of para-hydroxylation sites is 1. The molecule has 1 amide bonds. The van der Waals surface area contributed by atoms with Crippen molar-refractivity contribution in [3.8, 4) is 5.75 Å². The van der Waals surface area contributed by atoms with Crippen molar-refractivity contribution in [1.82, 2.24) is 10.2 Å². The second kappa shape index (κ2) is 10.9. The number of hydrogen-bond donors (Lipinski definition) is 1. The summed E-state index contributed by atoms with van der Waals surface area (Å²) in [6, 6.07) is 7.78. The van der Waals surface area contributed by atoms with Gasteiger partial charge >= 0.3 is 0 Å². The number of piperidine rings is 1. The molecular weight excluding hydrogens is 380 g/mol. The molecule has 1 aliphatic heterocycles. The fourth-order valence-corrected chi connectivity index (χ4v) is 3.20. The number of rotatable bonds is 7. The van der Waals surface area contributed by atoms with Crippen molar-refractivity contribution in [3.05, 3.63) is 28.7 Å². The highest BCUT2D eigenvalue weighted by Gasteiger charge is 2.21. The van der Waals surface area contributed by atoms with E-state index in [0.29, 0.717) is 18.9 Å². The lowest BCUT2D eigenvalue weighted by Crippen LogP contribution is -2.40. The number of carbonyl (C=O) groups is 1. The van der Waals surface area contributed by atoms with Crippen LogP contribution in [0.4, 0.5) is 0 Å². The lowest BCUT2D eigenvalue weighted by Gasteiger charge is -2.32. The highest BCUT2D eigenvalue weighted by Crippen LogP contribution is 2.24. The summed E-state index contributed by atoms with van der Waals surface area (Å²) >= 11 is 3.45. The maximum atomic E-state index is 12.2. The van der Waals surface area contributed by atoms with Crippen LogP contribution < -0.4 is 10.1 Å². The molecule has 0 spiro atoms. The van der Waals surface area contributed by atoms with Crippen LogP contribution in [0.15, 0.2) is 28.7 Å². The average Bonchev–Trinajstić information content (AvgIpc) is 2.54. The van der Waals surface area contributed by atoms with Crippen LogP contribution in [0.1, 0.15) is 25.7 Å². The second-order valence-corrected chi connectivity index (χ2v) is 6.62. The van der Waals surface area contributed by atoms with Gasteiger partial charge in [0.05, 0.1) is 11.1 Å². The number of halogens is 2. The molecule has 1 N–H and O–H groups in total. The molecule has 1 aromatic carbocycles. The molecule has 6 heteroatoms. The average molecular weight is 406 g/mol. The minimum Gasteiger partial charge on any atom is -0.492 e. The number of benzene rings is 1. The quantitative estimate of drug-likeness (QED) is 0.706. The van der Waals surface area contributed by atoms with Crippen LogP contribution in [-0.4, -0.2) is 44.1 Å². The third-order valence-corrected chi connectivity index (χ3v) is 4.74. The smallest absolute Gasteiger partial charge is 0.222 e. The number of likely N-dealkylation sites (tertiary alicyclic amines) is 1. The third-order valence-electron chi connectivity index (χ3n) is 4.09. The normalized spacial score (nSPS) is 15.1. The maximum absolute atomic E-state index is 12.2. The number of amides is 1. The van der Waals surface area contributed by atoms with Crippen molar-refractivity contribution in [2.24, 2.45) is 5.92 Å². The number of carbonyl (C=O) groups excluding carboxylic acids is 1. The maximum Gasteiger partial charge on any atom is 0.222 e. The molecule has 1 aromatic rings. The van der Waals surface area contributed by atoms with Gasteiger partial charge in [0.25, 0.3) is 0 Å². The molecule has 1 heterocycles. The minimum atomic E-state index is 0. The van der Waals surface area contributed by atoms with Gasteiger partial charge in [0.2, 0.25) is 5.91 Å². The zero-order valence-corrected chi connectivity index (χ0v) is 16.0. The lowest BCUT2D eigenvalue weighted by molar-refractivity contribution is -0.132. The van der Waals surface area contributed by atoms with Crippen LogP contribution in [0.25, 0.3) is 0 Å². The summed E-state index contributed by atoms with van der Waals surface area (Å²) < 4.78 is 6.65. The first-order chi connectivity index (χ1) is 10.7. The highest BCUT2D eigenvalue weighted by molar-refractivity contribution is 9.10. The van der Waals surface area contributed by atoms with Crippen molar-refractivity contribution < 1.29 is 9.53 Å². The van der Waals surface area contributed by atoms with Crippen LogP contribution >= 0.6 is 28.3 Å². The van der Waals surface area contributed by atoms with Crippen molar-refractivity contribution in [1.29, 1.82) is 0 Å². The lowest BCUT2D eigenvalue weighted by atomic mass is 9.96. The molecule has 4 nitrogen and oxygen atoms in total. The van der Waals surface area contributed by atoms with Gasteiger partial charge in [-0.25, -0.2) is 0 Å². The van der Waals surface area contributed by atoms with E-state index in [1.165, 1.54) is 0 Å². The summed E-state index contributed by atoms with van der Waals surface area (Å²) in [5, 5.41) is 3.22. The molecule has 0 bridgehead atoms. The summed E-state index contributed by atoms with van der Waals surface area (Å²) in [6.07, 6.45) is 3.55. The minimum absolute atomic E-state index is 0. The largest absolute Gasteiger partial charge is 0.492 e. The number of hydrogen-bond acceptors (Lipinski definition) is 3. The molecule has 0 saturated carbocycles. The summed E-state index contributed by atoms with van der Waals surface area (Å²) in [5.74, 6) is 1.81. The molecule has 1 fully saturated rings. The van der Waals surface area contributed by atoms with Gasteiger partial charge in [0, 0.05) is 19.5 Å². The van der Waals surface area contributed by atoms with Gasteiger partial charge in [-0.05, 0) is 66.8 Å². The molecule has 0 aliphatic carbocycles. The second-order valence-electron chi connectivity index (χ2n) is 5.76. The number of nitrogens with one attached hydrogen (secondary N) is 1. The SMILES string of the molecule is CNCC1CCN(C(=O)CCCOc2ccccc2Br)CC1.Cl. The molecule has 0 atom stereocenters. The predicted octanol–water partition coefficient (Wildman–Crippen LogP) is 3.49. The van der Waals surface area contributed by atoms with E-state index in [-0.39, 0.29) is 18.3 Å². The Morgan fingerprint density at radius 1 is 1.35 bits per heavy atom. The molecule has 23 heavy (non-hydrogen) atoms. The van der Waals surface area contributed by atoms with Crippen molar-refractivity contribution in [3.63, 3.8) is 0 Å². The van der Waals surface area contributed by atoms with E-state index in [1.807, 2.05) is 36.2 Å². The molecule has 130 valence electrons. The molecule has 1 saturated heterocycles. The Bertz CT molecular complexity index is 479. The van der Waals surface area contributed by atoms with Gasteiger partial charge < -0.3 is 15.0 Å². The Morgan fingerprint density at radius 2 is 2.04 bits per heavy atom. The van der Waals surface area contributed by atoms with E-state index in [9.17, 15) is 4.79 Å². The standard InChI is InChI=1S/C17H25BrN2O2.ClH/c1-19-13-14-8-10-20(11-9-14)17(21)7-4-12-22-16-6-3-2-5-15(16)18;/h2-3,5-6,14,19H,4,7-13H2,1H3;1H. The monoisotopic (exact) mass is 404 g/mol. The van der Waals surface area contributed by atoms with Crippen LogP contribution in [0.5, 0.6) is 5.75 Å². The zero-order chi connectivity index (χ0) is 15.8. The first-order valence-electron chi connectivity index (χ1n) is 8.00. The Hall–Kier alpha value is -0.780. The Balaban J connectivity index is 0.00000264. The molecule has 0 unspecified atom stereocenters. The zero-order valence-electron chi connectivity index (χ0n) is 13.6. The molecule has 2 rings (SSSR count). The summed E-state index contributed by atoms with van der Waals surface area (Å²) in [6.45, 7) is 3.43. The fourth-order valence-electron chi connectivity index (χ4n) is 2.80. The van der Waals surface area contributed by atoms with E-state index in [2.05, 4.69) is 21.2 Å². The van der Waals surface area contributed by atoms with Crippen molar-refractivity contribution >= 4 is 34.2 Å². The molecule has 0 aromatic heterocycles. The van der Waals surface area contributed by atoms with Crippen molar-refractivity contribution in [2.75, 3.05) is 33.3 Å². The van der Waals surface area contributed by atoms with Crippen LogP contribution in [0.2, 0.25) is 0 Å². The first-order valence-corrected chi connectivity index (χ1v) is 8.79. The van der Waals surface area contributed by atoms with E-state index in [0.717, 1.165) is 49.1 Å². The highest BCUT2D eigenvalue weighted by atomic mass is 79.9. The molecular formula is C17H26BrClN2O2. The number of nitrogens with zero attached hydrogens (tertiary/aromatic N) is 1. The van der Waals surface area contributed by atoms with Gasteiger partial charge in [-0.2, -0.15) is 0 Å². The van der Waals surface area contributed by atoms with Gasteiger partial charge in [-0.3, -0.25) is 4.79 Å². The Kier molecular flexibility index (Phi) is 9.60. The van der Waals surface area contributed by atoms with E-state index < -0.39 is 0 Å². The third kappa shape index (κ3) is 6.69. The van der Waals surface area contributed by atoms with E-state index in [1.54, 1.807) is 0 Å². The predicted molar refractivity (Wildman–Crippen MR) is 99.3 cm³/mol. The summed E-state index contributed by atoms with van der Waals surface area (Å²) in [7, 11) is 1.99. The van der Waals surface area contributed by atoms with Gasteiger partial charge in [-0.1, -0.05) is 12.1 Å². The number of ether oxygens (including phenoxy) is 1. The van der Waals surface area contributed by atoms with Crippen LogP contribution in [-0.2, 0) is 4.79 Å². The molecule has 0 radical (unpaired) electrons. The first kappa shape index (κ1) is 20.3. The van der Waals surface area contributed by atoms with Gasteiger partial charge in [-0.15, -0.1) is 12.4 Å². The Morgan fingerprint density at radius 3 is 2.70 bits per heavy atom. The van der Waals surface area contributed by atoms with Gasteiger partial charge in [0.15, 0.2) is 0 Å². The van der Waals surface area contributed by atoms with E-state index in [4.69, 9.17) is 4.74 Å².